The summed E-state index contributed by atoms with van der Waals surface area (Å²) in [6.07, 6.45) is 12.9. The van der Waals surface area contributed by atoms with E-state index >= 15 is 0 Å². The Balaban J connectivity index is 2.59. The highest BCUT2D eigenvalue weighted by Gasteiger charge is 2.40. The summed E-state index contributed by atoms with van der Waals surface area (Å²) in [6, 6.07) is 0. The molecule has 1 atom stereocenters. The Labute approximate surface area is 138 Å². The summed E-state index contributed by atoms with van der Waals surface area (Å²) in [4.78, 5) is 12.1. The number of carbonyl (C=O) groups excluding carboxylic acids is 1. The molecule has 0 bridgehead atoms. The fraction of sp³-hybridized carbons (Fsp3) is 0.737. The Hall–Kier alpha value is -0.673. The normalized spacial score (nSPS) is 21.1. The van der Waals surface area contributed by atoms with Crippen LogP contribution in [0.1, 0.15) is 66.2 Å². The average molecular weight is 323 g/mol. The van der Waals surface area contributed by atoms with E-state index in [4.69, 9.17) is 4.43 Å². The van der Waals surface area contributed by atoms with Crippen LogP contribution in [-0.2, 0) is 9.22 Å². The van der Waals surface area contributed by atoms with Crippen molar-refractivity contribution in [1.29, 1.82) is 0 Å². The van der Waals surface area contributed by atoms with Gasteiger partial charge in [-0.25, -0.2) is 0 Å². The molecular formula is C19H34O2Si. The smallest absolute Gasteiger partial charge is 0.193 e. The number of unbranched alkanes of at least 4 members (excludes halogenated alkanes) is 5. The van der Waals surface area contributed by atoms with Gasteiger partial charge in [0.25, 0.3) is 0 Å². The van der Waals surface area contributed by atoms with E-state index < -0.39 is 8.32 Å². The molecule has 0 saturated carbocycles. The molecule has 0 heterocycles. The second-order valence-electron chi connectivity index (χ2n) is 7.88. The van der Waals surface area contributed by atoms with E-state index in [1.165, 1.54) is 32.1 Å². The third-order valence-electron chi connectivity index (χ3n) is 4.91. The van der Waals surface area contributed by atoms with Crippen LogP contribution in [0.5, 0.6) is 0 Å². The highest BCUT2D eigenvalue weighted by molar-refractivity contribution is 6.74. The molecule has 0 N–H and O–H groups in total. The van der Waals surface area contributed by atoms with Gasteiger partial charge in [-0.15, -0.1) is 0 Å². The summed E-state index contributed by atoms with van der Waals surface area (Å²) in [7, 11) is -1.85. The monoisotopic (exact) mass is 322 g/mol. The van der Waals surface area contributed by atoms with Crippen molar-refractivity contribution in [2.45, 2.75) is 90.5 Å². The molecule has 0 spiro atoms. The molecule has 1 aliphatic rings. The zero-order chi connectivity index (χ0) is 16.8. The van der Waals surface area contributed by atoms with E-state index in [0.29, 0.717) is 0 Å². The number of rotatable bonds is 8. The second-order valence-corrected chi connectivity index (χ2v) is 12.6. The number of allylic oxidation sites excluding steroid dienone is 2. The van der Waals surface area contributed by atoms with E-state index in [0.717, 1.165) is 12.0 Å². The van der Waals surface area contributed by atoms with Crippen molar-refractivity contribution in [1.82, 2.24) is 0 Å². The highest BCUT2D eigenvalue weighted by Crippen LogP contribution is 2.39. The third-order valence-corrected chi connectivity index (χ3v) is 9.37. The standard InChI is InChI=1S/C19H34O2Si/c1-7-8-9-10-11-12-13-16-17(20)14-15-18(16)21-22(5,6)19(2,3)4/h13-15,18H,7-12H2,1-6H3/b16-13-. The number of ketones is 1. The first-order valence-electron chi connectivity index (χ1n) is 8.79. The summed E-state index contributed by atoms with van der Waals surface area (Å²) in [6.45, 7) is 13.4. The molecule has 0 amide bonds. The fourth-order valence-electron chi connectivity index (χ4n) is 2.33. The Bertz CT molecular complexity index is 427. The van der Waals surface area contributed by atoms with Crippen LogP contribution in [0.2, 0.25) is 18.1 Å². The average Bonchev–Trinajstić information content (AvgIpc) is 2.73. The van der Waals surface area contributed by atoms with Gasteiger partial charge in [0.15, 0.2) is 14.1 Å². The first-order chi connectivity index (χ1) is 10.2. The molecule has 126 valence electrons. The molecular weight excluding hydrogens is 288 g/mol. The van der Waals surface area contributed by atoms with E-state index in [-0.39, 0.29) is 16.9 Å². The molecule has 0 radical (unpaired) electrons. The SMILES string of the molecule is CCCCCCC/C=C1/C(=O)C=CC1O[Si](C)(C)C(C)(C)C. The molecule has 0 aromatic heterocycles. The van der Waals surface area contributed by atoms with Gasteiger partial charge in [0, 0.05) is 5.57 Å². The van der Waals surface area contributed by atoms with Crippen molar-refractivity contribution in [3.63, 3.8) is 0 Å². The highest BCUT2D eigenvalue weighted by atomic mass is 28.4. The molecule has 0 aromatic rings. The minimum atomic E-state index is -1.85. The minimum Gasteiger partial charge on any atom is -0.406 e. The van der Waals surface area contributed by atoms with Crippen molar-refractivity contribution < 1.29 is 9.22 Å². The maximum Gasteiger partial charge on any atom is 0.193 e. The molecule has 22 heavy (non-hydrogen) atoms. The summed E-state index contributed by atoms with van der Waals surface area (Å²) >= 11 is 0. The van der Waals surface area contributed by atoms with Gasteiger partial charge in [0.05, 0.1) is 6.10 Å². The van der Waals surface area contributed by atoms with Gasteiger partial charge in [-0.05, 0) is 43.1 Å². The van der Waals surface area contributed by atoms with E-state index in [9.17, 15) is 4.79 Å². The summed E-state index contributed by atoms with van der Waals surface area (Å²) in [5.74, 6) is 0.136. The van der Waals surface area contributed by atoms with Crippen LogP contribution in [0.3, 0.4) is 0 Å². The molecule has 0 aliphatic heterocycles. The van der Waals surface area contributed by atoms with Gasteiger partial charge in [-0.2, -0.15) is 0 Å². The predicted molar refractivity (Wildman–Crippen MR) is 97.7 cm³/mol. The predicted octanol–water partition coefficient (Wildman–Crippen LogP) is 5.80. The minimum absolute atomic E-state index is 0.121. The van der Waals surface area contributed by atoms with Crippen molar-refractivity contribution in [3.05, 3.63) is 23.8 Å². The van der Waals surface area contributed by atoms with Crippen LogP contribution in [0.15, 0.2) is 23.8 Å². The van der Waals surface area contributed by atoms with Crippen LogP contribution in [0.4, 0.5) is 0 Å². The topological polar surface area (TPSA) is 26.3 Å². The molecule has 0 saturated heterocycles. The van der Waals surface area contributed by atoms with Crippen LogP contribution < -0.4 is 0 Å². The van der Waals surface area contributed by atoms with Crippen molar-refractivity contribution in [2.24, 2.45) is 0 Å². The van der Waals surface area contributed by atoms with Crippen molar-refractivity contribution in [3.8, 4) is 0 Å². The molecule has 1 unspecified atom stereocenters. The molecule has 0 fully saturated rings. The number of hydrogen-bond donors (Lipinski definition) is 0. The lowest BCUT2D eigenvalue weighted by atomic mass is 10.1. The number of hydrogen-bond acceptors (Lipinski definition) is 2. The van der Waals surface area contributed by atoms with E-state index in [1.54, 1.807) is 6.08 Å². The Morgan fingerprint density at radius 1 is 1.18 bits per heavy atom. The first kappa shape index (κ1) is 19.4. The maximum absolute atomic E-state index is 12.1. The largest absolute Gasteiger partial charge is 0.406 e. The van der Waals surface area contributed by atoms with Gasteiger partial charge in [0.1, 0.15) is 0 Å². The van der Waals surface area contributed by atoms with Gasteiger partial charge in [-0.3, -0.25) is 4.79 Å². The number of carbonyl (C=O) groups is 1. The van der Waals surface area contributed by atoms with Gasteiger partial charge in [0.2, 0.25) is 0 Å². The van der Waals surface area contributed by atoms with Crippen molar-refractivity contribution in [2.75, 3.05) is 0 Å². The van der Waals surface area contributed by atoms with Crippen LogP contribution in [0, 0.1) is 0 Å². The molecule has 3 heteroatoms. The zero-order valence-corrected chi connectivity index (χ0v) is 16.4. The van der Waals surface area contributed by atoms with E-state index in [1.807, 2.05) is 6.08 Å². The molecule has 1 rings (SSSR count). The van der Waals surface area contributed by atoms with Gasteiger partial charge < -0.3 is 4.43 Å². The summed E-state index contributed by atoms with van der Waals surface area (Å²) in [5.41, 5.74) is 0.861. The summed E-state index contributed by atoms with van der Waals surface area (Å²) in [5, 5.41) is 0.164. The van der Waals surface area contributed by atoms with Crippen LogP contribution >= 0.6 is 0 Å². The second kappa shape index (κ2) is 8.26. The summed E-state index contributed by atoms with van der Waals surface area (Å²) < 4.78 is 6.40. The van der Waals surface area contributed by atoms with Crippen molar-refractivity contribution >= 4 is 14.1 Å². The van der Waals surface area contributed by atoms with Crippen LogP contribution in [-0.4, -0.2) is 20.2 Å². The van der Waals surface area contributed by atoms with Gasteiger partial charge in [-0.1, -0.05) is 59.5 Å². The molecule has 0 aromatic carbocycles. The lowest BCUT2D eigenvalue weighted by molar-refractivity contribution is -0.111. The molecule has 1 aliphatic carbocycles. The third kappa shape index (κ3) is 5.51. The Morgan fingerprint density at radius 2 is 1.82 bits per heavy atom. The zero-order valence-electron chi connectivity index (χ0n) is 15.4. The quantitative estimate of drug-likeness (QED) is 0.320. The van der Waals surface area contributed by atoms with Gasteiger partial charge >= 0.3 is 0 Å². The molecule has 2 nitrogen and oxygen atoms in total. The lowest BCUT2D eigenvalue weighted by Crippen LogP contribution is -2.43. The maximum atomic E-state index is 12.1. The van der Waals surface area contributed by atoms with E-state index in [2.05, 4.69) is 46.9 Å². The first-order valence-corrected chi connectivity index (χ1v) is 11.7. The fourth-order valence-corrected chi connectivity index (χ4v) is 3.53. The lowest BCUT2D eigenvalue weighted by Gasteiger charge is -2.38. The Kier molecular flexibility index (Phi) is 7.27. The Morgan fingerprint density at radius 3 is 2.41 bits per heavy atom. The van der Waals surface area contributed by atoms with Crippen LogP contribution in [0.25, 0.3) is 0 Å².